The van der Waals surface area contributed by atoms with Gasteiger partial charge in [0.05, 0.1) is 12.2 Å². The highest BCUT2D eigenvalue weighted by atomic mass is 15.3. The molecule has 1 heterocycles. The zero-order valence-electron chi connectivity index (χ0n) is 9.52. The Morgan fingerprint density at radius 2 is 2.00 bits per heavy atom. The van der Waals surface area contributed by atoms with Crippen LogP contribution in [0, 0.1) is 0 Å². The van der Waals surface area contributed by atoms with Crippen molar-refractivity contribution in [3.63, 3.8) is 0 Å². The van der Waals surface area contributed by atoms with Crippen LogP contribution in [0.5, 0.6) is 0 Å². The summed E-state index contributed by atoms with van der Waals surface area (Å²) in [6, 6.07) is 0.713. The lowest BCUT2D eigenvalue weighted by molar-refractivity contribution is 0.405. The van der Waals surface area contributed by atoms with Crippen LogP contribution >= 0.6 is 0 Å². The number of hydrogen-bond donors (Lipinski definition) is 1. The lowest BCUT2D eigenvalue weighted by atomic mass is 10.1. The fourth-order valence-electron chi connectivity index (χ4n) is 2.31. The van der Waals surface area contributed by atoms with Gasteiger partial charge in [0.1, 0.15) is 0 Å². The molecule has 1 unspecified atom stereocenters. The van der Waals surface area contributed by atoms with Gasteiger partial charge in [0.25, 0.3) is 0 Å². The van der Waals surface area contributed by atoms with E-state index in [4.69, 9.17) is 5.73 Å². The van der Waals surface area contributed by atoms with Crippen molar-refractivity contribution in [1.82, 2.24) is 9.78 Å². The van der Waals surface area contributed by atoms with Gasteiger partial charge in [-0.25, -0.2) is 0 Å². The second kappa shape index (κ2) is 4.79. The van der Waals surface area contributed by atoms with Gasteiger partial charge in [0.15, 0.2) is 0 Å². The molecule has 1 fully saturated rings. The van der Waals surface area contributed by atoms with Gasteiger partial charge in [-0.2, -0.15) is 5.10 Å². The highest BCUT2D eigenvalue weighted by Crippen LogP contribution is 2.27. The van der Waals surface area contributed by atoms with Crippen LogP contribution in [0.2, 0.25) is 0 Å². The molecule has 0 aromatic carbocycles. The molecule has 84 valence electrons. The predicted molar refractivity (Wildman–Crippen MR) is 61.6 cm³/mol. The van der Waals surface area contributed by atoms with Crippen LogP contribution < -0.4 is 5.73 Å². The first-order chi connectivity index (χ1) is 7.27. The standard InChI is InChI=1S/C12H21N3/c1-10(13)11-8-14-15(9-11)12-6-4-2-3-5-7-12/h8-10,12H,2-7,13H2,1H3. The predicted octanol–water partition coefficient (Wildman–Crippen LogP) is 2.80. The number of aromatic nitrogens is 2. The number of rotatable bonds is 2. The van der Waals surface area contributed by atoms with Crippen molar-refractivity contribution in [2.24, 2.45) is 5.73 Å². The third kappa shape index (κ3) is 2.59. The minimum atomic E-state index is 0.101. The molecular weight excluding hydrogens is 186 g/mol. The van der Waals surface area contributed by atoms with Crippen molar-refractivity contribution in [1.29, 1.82) is 0 Å². The SMILES string of the molecule is CC(N)c1cnn(C2CCCCCC2)c1. The van der Waals surface area contributed by atoms with Crippen molar-refractivity contribution in [2.75, 3.05) is 0 Å². The largest absolute Gasteiger partial charge is 0.324 e. The van der Waals surface area contributed by atoms with Crippen molar-refractivity contribution in [3.8, 4) is 0 Å². The molecule has 0 spiro atoms. The van der Waals surface area contributed by atoms with E-state index >= 15 is 0 Å². The summed E-state index contributed by atoms with van der Waals surface area (Å²) >= 11 is 0. The maximum Gasteiger partial charge on any atom is 0.0537 e. The van der Waals surface area contributed by atoms with Crippen molar-refractivity contribution >= 4 is 0 Å². The van der Waals surface area contributed by atoms with E-state index in [1.807, 2.05) is 13.1 Å². The van der Waals surface area contributed by atoms with Crippen LogP contribution in [-0.4, -0.2) is 9.78 Å². The van der Waals surface area contributed by atoms with E-state index in [9.17, 15) is 0 Å². The zero-order chi connectivity index (χ0) is 10.7. The lowest BCUT2D eigenvalue weighted by Gasteiger charge is -2.14. The molecule has 1 aliphatic rings. The monoisotopic (exact) mass is 207 g/mol. The third-order valence-electron chi connectivity index (χ3n) is 3.35. The van der Waals surface area contributed by atoms with Crippen LogP contribution in [0.1, 0.15) is 63.1 Å². The summed E-state index contributed by atoms with van der Waals surface area (Å²) in [6.07, 6.45) is 12.1. The Labute approximate surface area is 91.7 Å². The minimum absolute atomic E-state index is 0.101. The molecule has 2 N–H and O–H groups in total. The van der Waals surface area contributed by atoms with Crippen LogP contribution in [0.3, 0.4) is 0 Å². The average Bonchev–Trinajstić information content (AvgIpc) is 2.55. The summed E-state index contributed by atoms with van der Waals surface area (Å²) in [5, 5.41) is 4.44. The maximum atomic E-state index is 5.83. The van der Waals surface area contributed by atoms with Gasteiger partial charge in [0.2, 0.25) is 0 Å². The van der Waals surface area contributed by atoms with Crippen molar-refractivity contribution < 1.29 is 0 Å². The van der Waals surface area contributed by atoms with Gasteiger partial charge in [-0.3, -0.25) is 4.68 Å². The zero-order valence-corrected chi connectivity index (χ0v) is 9.52. The Morgan fingerprint density at radius 1 is 1.33 bits per heavy atom. The molecular formula is C12H21N3. The smallest absolute Gasteiger partial charge is 0.0537 e. The lowest BCUT2D eigenvalue weighted by Crippen LogP contribution is -2.09. The molecule has 0 saturated heterocycles. The van der Waals surface area contributed by atoms with Crippen LogP contribution in [0.15, 0.2) is 12.4 Å². The second-order valence-corrected chi connectivity index (χ2v) is 4.69. The Balaban J connectivity index is 2.06. The van der Waals surface area contributed by atoms with E-state index in [-0.39, 0.29) is 6.04 Å². The molecule has 1 atom stereocenters. The molecule has 1 aliphatic carbocycles. The second-order valence-electron chi connectivity index (χ2n) is 4.69. The highest BCUT2D eigenvalue weighted by molar-refractivity contribution is 5.08. The molecule has 3 heteroatoms. The maximum absolute atomic E-state index is 5.83. The topological polar surface area (TPSA) is 43.8 Å². The van der Waals surface area contributed by atoms with E-state index in [2.05, 4.69) is 16.0 Å². The Kier molecular flexibility index (Phi) is 3.41. The Hall–Kier alpha value is -0.830. The fraction of sp³-hybridized carbons (Fsp3) is 0.750. The molecule has 1 aromatic rings. The van der Waals surface area contributed by atoms with E-state index < -0.39 is 0 Å². The quantitative estimate of drug-likeness (QED) is 0.758. The first-order valence-corrected chi connectivity index (χ1v) is 6.07. The first-order valence-electron chi connectivity index (χ1n) is 6.07. The first kappa shape index (κ1) is 10.7. The number of nitrogens with two attached hydrogens (primary N) is 1. The summed E-state index contributed by atoms with van der Waals surface area (Å²) < 4.78 is 2.13. The van der Waals surface area contributed by atoms with E-state index in [1.165, 1.54) is 38.5 Å². The Bertz CT molecular complexity index is 296. The molecule has 0 radical (unpaired) electrons. The van der Waals surface area contributed by atoms with Crippen molar-refractivity contribution in [2.45, 2.75) is 57.5 Å². The van der Waals surface area contributed by atoms with Gasteiger partial charge in [-0.15, -0.1) is 0 Å². The molecule has 3 nitrogen and oxygen atoms in total. The van der Waals surface area contributed by atoms with E-state index in [0.717, 1.165) is 5.56 Å². The van der Waals surface area contributed by atoms with Crippen molar-refractivity contribution in [3.05, 3.63) is 18.0 Å². The van der Waals surface area contributed by atoms with Crippen LogP contribution in [-0.2, 0) is 0 Å². The molecule has 1 aromatic heterocycles. The summed E-state index contributed by atoms with van der Waals surface area (Å²) in [5.41, 5.74) is 6.99. The van der Waals surface area contributed by atoms with Crippen LogP contribution in [0.25, 0.3) is 0 Å². The summed E-state index contributed by atoms with van der Waals surface area (Å²) in [4.78, 5) is 0. The molecule has 0 bridgehead atoms. The van der Waals surface area contributed by atoms with Gasteiger partial charge in [-0.05, 0) is 19.8 Å². The van der Waals surface area contributed by atoms with Crippen LogP contribution in [0.4, 0.5) is 0 Å². The number of nitrogens with zero attached hydrogens (tertiary/aromatic N) is 2. The minimum Gasteiger partial charge on any atom is -0.324 e. The van der Waals surface area contributed by atoms with E-state index in [0.29, 0.717) is 6.04 Å². The fourth-order valence-corrected chi connectivity index (χ4v) is 2.31. The summed E-state index contributed by atoms with van der Waals surface area (Å²) in [5.74, 6) is 0. The molecule has 2 rings (SSSR count). The van der Waals surface area contributed by atoms with Gasteiger partial charge < -0.3 is 5.73 Å². The summed E-state index contributed by atoms with van der Waals surface area (Å²) in [7, 11) is 0. The average molecular weight is 207 g/mol. The normalized spacial score (nSPS) is 21.2. The van der Waals surface area contributed by atoms with Gasteiger partial charge in [0, 0.05) is 17.8 Å². The highest BCUT2D eigenvalue weighted by Gasteiger charge is 2.15. The van der Waals surface area contributed by atoms with Gasteiger partial charge in [-0.1, -0.05) is 25.7 Å². The third-order valence-corrected chi connectivity index (χ3v) is 3.35. The van der Waals surface area contributed by atoms with Gasteiger partial charge >= 0.3 is 0 Å². The molecule has 0 aliphatic heterocycles. The number of hydrogen-bond acceptors (Lipinski definition) is 2. The van der Waals surface area contributed by atoms with E-state index in [1.54, 1.807) is 0 Å². The molecule has 0 amide bonds. The Morgan fingerprint density at radius 3 is 2.53 bits per heavy atom. The molecule has 1 saturated carbocycles. The molecule has 15 heavy (non-hydrogen) atoms. The summed E-state index contributed by atoms with van der Waals surface area (Å²) in [6.45, 7) is 2.01.